The van der Waals surface area contributed by atoms with E-state index in [0.29, 0.717) is 11.8 Å². The van der Waals surface area contributed by atoms with Crippen LogP contribution < -0.4 is 0 Å². The number of benzene rings is 1. The third kappa shape index (κ3) is 3.00. The van der Waals surface area contributed by atoms with E-state index in [1.165, 1.54) is 6.92 Å². The molecule has 0 fully saturated rings. The van der Waals surface area contributed by atoms with E-state index in [1.54, 1.807) is 37.3 Å². The monoisotopic (exact) mass is 233 g/mol. The molecule has 0 saturated heterocycles. The van der Waals surface area contributed by atoms with Crippen LogP contribution in [-0.2, 0) is 14.4 Å². The highest BCUT2D eigenvalue weighted by atomic mass is 16.2. The predicted molar refractivity (Wildman–Crippen MR) is 63.3 cm³/mol. The maximum atomic E-state index is 12.0. The molecule has 1 aromatic rings. The second-order valence-electron chi connectivity index (χ2n) is 3.63. The minimum absolute atomic E-state index is 0.269. The van der Waals surface area contributed by atoms with Crippen LogP contribution in [0.3, 0.4) is 0 Å². The van der Waals surface area contributed by atoms with Crippen LogP contribution in [0.4, 0.5) is 0 Å². The van der Waals surface area contributed by atoms with Gasteiger partial charge in [-0.3, -0.25) is 14.5 Å². The summed E-state index contributed by atoms with van der Waals surface area (Å²) in [5.74, 6) is -1.72. The number of carbonyl (C=O) groups excluding carboxylic acids is 3. The molecule has 1 unspecified atom stereocenters. The highest BCUT2D eigenvalue weighted by Crippen LogP contribution is 2.16. The van der Waals surface area contributed by atoms with Crippen LogP contribution in [0.5, 0.6) is 0 Å². The molecule has 0 aliphatic heterocycles. The second-order valence-corrected chi connectivity index (χ2v) is 3.63. The van der Waals surface area contributed by atoms with Gasteiger partial charge >= 0.3 is 0 Å². The molecule has 0 radical (unpaired) electrons. The van der Waals surface area contributed by atoms with Crippen LogP contribution in [0.25, 0.3) is 0 Å². The Morgan fingerprint density at radius 3 is 2.29 bits per heavy atom. The number of amides is 2. The molecular formula is C13H15NO3. The first-order chi connectivity index (χ1) is 8.11. The minimum atomic E-state index is -0.903. The average molecular weight is 233 g/mol. The summed E-state index contributed by atoms with van der Waals surface area (Å²) in [4.78, 5) is 35.4. The van der Waals surface area contributed by atoms with Crippen molar-refractivity contribution < 1.29 is 14.4 Å². The van der Waals surface area contributed by atoms with Gasteiger partial charge in [-0.1, -0.05) is 30.3 Å². The highest BCUT2D eigenvalue weighted by molar-refractivity contribution is 6.04. The zero-order valence-electron chi connectivity index (χ0n) is 9.92. The van der Waals surface area contributed by atoms with E-state index in [-0.39, 0.29) is 12.5 Å². The molecule has 1 atom stereocenters. The first-order valence-corrected chi connectivity index (χ1v) is 5.44. The lowest BCUT2D eigenvalue weighted by Crippen LogP contribution is -2.38. The largest absolute Gasteiger partial charge is 0.302 e. The minimum Gasteiger partial charge on any atom is -0.302 e. The summed E-state index contributed by atoms with van der Waals surface area (Å²) in [6, 6.07) is 8.71. The van der Waals surface area contributed by atoms with E-state index in [9.17, 15) is 14.4 Å². The predicted octanol–water partition coefficient (Wildman–Crippen LogP) is 1.36. The molecule has 90 valence electrons. The van der Waals surface area contributed by atoms with Crippen LogP contribution in [-0.4, -0.2) is 29.5 Å². The van der Waals surface area contributed by atoms with Crippen LogP contribution in [0.2, 0.25) is 0 Å². The van der Waals surface area contributed by atoms with E-state index in [4.69, 9.17) is 0 Å². The fraction of sp³-hybridized carbons (Fsp3) is 0.308. The number of rotatable bonds is 4. The third-order valence-corrected chi connectivity index (χ3v) is 2.52. The molecule has 4 nitrogen and oxygen atoms in total. The number of hydrogen-bond donors (Lipinski definition) is 0. The summed E-state index contributed by atoms with van der Waals surface area (Å²) in [5, 5.41) is 0. The lowest BCUT2D eigenvalue weighted by molar-refractivity contribution is -0.144. The summed E-state index contributed by atoms with van der Waals surface area (Å²) >= 11 is 0. The summed E-state index contributed by atoms with van der Waals surface area (Å²) in [7, 11) is 0. The second kappa shape index (κ2) is 5.94. The Morgan fingerprint density at radius 2 is 1.88 bits per heavy atom. The smallest absolute Gasteiger partial charge is 0.243 e. The zero-order valence-corrected chi connectivity index (χ0v) is 9.92. The molecule has 0 spiro atoms. The molecule has 0 heterocycles. The van der Waals surface area contributed by atoms with Crippen molar-refractivity contribution >= 4 is 18.1 Å². The fourth-order valence-corrected chi connectivity index (χ4v) is 1.64. The number of hydrogen-bond acceptors (Lipinski definition) is 3. The van der Waals surface area contributed by atoms with Gasteiger partial charge in [0.15, 0.2) is 0 Å². The SMILES string of the molecule is CCN(C(C)=O)C(=O)C(C=O)c1ccccc1. The standard InChI is InChI=1S/C13H15NO3/c1-3-14(10(2)16)13(17)12(9-15)11-7-5-4-6-8-11/h4-9,12H,3H2,1-2H3. The van der Waals surface area contributed by atoms with Gasteiger partial charge in [0.05, 0.1) is 0 Å². The molecule has 0 N–H and O–H groups in total. The quantitative estimate of drug-likeness (QED) is 0.583. The molecule has 0 aromatic heterocycles. The van der Waals surface area contributed by atoms with E-state index in [2.05, 4.69) is 0 Å². The first-order valence-electron chi connectivity index (χ1n) is 5.44. The topological polar surface area (TPSA) is 54.5 Å². The van der Waals surface area contributed by atoms with Crippen molar-refractivity contribution in [3.63, 3.8) is 0 Å². The van der Waals surface area contributed by atoms with Crippen LogP contribution in [0.1, 0.15) is 25.3 Å². The van der Waals surface area contributed by atoms with E-state index >= 15 is 0 Å². The Hall–Kier alpha value is -1.97. The molecule has 0 bridgehead atoms. The van der Waals surface area contributed by atoms with Crippen molar-refractivity contribution in [1.29, 1.82) is 0 Å². The van der Waals surface area contributed by atoms with Gasteiger partial charge in [-0.05, 0) is 12.5 Å². The van der Waals surface area contributed by atoms with E-state index in [0.717, 1.165) is 4.90 Å². The van der Waals surface area contributed by atoms with Gasteiger partial charge in [0.2, 0.25) is 11.8 Å². The molecule has 0 aliphatic carbocycles. The zero-order chi connectivity index (χ0) is 12.8. The van der Waals surface area contributed by atoms with E-state index in [1.807, 2.05) is 0 Å². The normalized spacial score (nSPS) is 11.6. The molecule has 1 aromatic carbocycles. The van der Waals surface area contributed by atoms with Crippen LogP contribution in [0, 0.1) is 0 Å². The molecule has 0 aliphatic rings. The number of nitrogens with zero attached hydrogens (tertiary/aromatic N) is 1. The summed E-state index contributed by atoms with van der Waals surface area (Å²) in [6.45, 7) is 3.28. The lowest BCUT2D eigenvalue weighted by atomic mass is 9.99. The van der Waals surface area contributed by atoms with Gasteiger partial charge < -0.3 is 4.79 Å². The number of imide groups is 1. The fourth-order valence-electron chi connectivity index (χ4n) is 1.64. The molecule has 17 heavy (non-hydrogen) atoms. The maximum Gasteiger partial charge on any atom is 0.243 e. The van der Waals surface area contributed by atoms with Gasteiger partial charge in [-0.15, -0.1) is 0 Å². The van der Waals surface area contributed by atoms with Crippen molar-refractivity contribution in [2.75, 3.05) is 6.54 Å². The first kappa shape index (κ1) is 13.1. The molecule has 2 amide bonds. The molecule has 0 saturated carbocycles. The van der Waals surface area contributed by atoms with Gasteiger partial charge in [0.1, 0.15) is 12.2 Å². The Balaban J connectivity index is 2.99. The molecular weight excluding hydrogens is 218 g/mol. The van der Waals surface area contributed by atoms with Gasteiger partial charge in [0, 0.05) is 13.5 Å². The third-order valence-electron chi connectivity index (χ3n) is 2.52. The number of aldehydes is 1. The number of likely N-dealkylation sites (N-methyl/N-ethyl adjacent to an activating group) is 1. The molecule has 1 rings (SSSR count). The van der Waals surface area contributed by atoms with Crippen molar-refractivity contribution in [2.45, 2.75) is 19.8 Å². The van der Waals surface area contributed by atoms with Gasteiger partial charge in [0.25, 0.3) is 0 Å². The Bertz CT molecular complexity index is 414. The van der Waals surface area contributed by atoms with Crippen molar-refractivity contribution in [3.8, 4) is 0 Å². The summed E-state index contributed by atoms with van der Waals surface area (Å²) in [6.07, 6.45) is 0.573. The van der Waals surface area contributed by atoms with Gasteiger partial charge in [-0.2, -0.15) is 0 Å². The Kier molecular flexibility index (Phi) is 4.57. The maximum absolute atomic E-state index is 12.0. The average Bonchev–Trinajstić information content (AvgIpc) is 2.31. The lowest BCUT2D eigenvalue weighted by Gasteiger charge is -2.20. The van der Waals surface area contributed by atoms with Crippen molar-refractivity contribution in [2.24, 2.45) is 0 Å². The van der Waals surface area contributed by atoms with E-state index < -0.39 is 11.8 Å². The highest BCUT2D eigenvalue weighted by Gasteiger charge is 2.26. The number of carbonyl (C=O) groups is 3. The van der Waals surface area contributed by atoms with Crippen LogP contribution in [0.15, 0.2) is 30.3 Å². The summed E-state index contributed by atoms with van der Waals surface area (Å²) in [5.41, 5.74) is 0.604. The summed E-state index contributed by atoms with van der Waals surface area (Å²) < 4.78 is 0. The molecule has 4 heteroatoms. The Morgan fingerprint density at radius 1 is 1.29 bits per heavy atom. The van der Waals surface area contributed by atoms with Gasteiger partial charge in [-0.25, -0.2) is 0 Å². The van der Waals surface area contributed by atoms with Crippen LogP contribution >= 0.6 is 0 Å². The van der Waals surface area contributed by atoms with Crippen molar-refractivity contribution in [1.82, 2.24) is 4.90 Å². The van der Waals surface area contributed by atoms with Crippen molar-refractivity contribution in [3.05, 3.63) is 35.9 Å². The Labute approximate surface area is 100 Å².